The maximum absolute atomic E-state index is 13.0. The minimum atomic E-state index is 0.0315. The molecule has 0 spiro atoms. The number of imidazole rings is 1. The van der Waals surface area contributed by atoms with Gasteiger partial charge in [-0.25, -0.2) is 9.97 Å². The highest BCUT2D eigenvalue weighted by molar-refractivity contribution is 7.13. The normalized spacial score (nSPS) is 20.2. The molecule has 1 aromatic carbocycles. The molecule has 0 bridgehead atoms. The molecule has 7 heteroatoms. The van der Waals surface area contributed by atoms with Gasteiger partial charge in [-0.2, -0.15) is 0 Å². The highest BCUT2D eigenvalue weighted by Crippen LogP contribution is 2.32. The van der Waals surface area contributed by atoms with Gasteiger partial charge in [0, 0.05) is 13.1 Å². The predicted octanol–water partition coefficient (Wildman–Crippen LogP) is 2.67. The zero-order valence-corrected chi connectivity index (χ0v) is 15.9. The second-order valence-electron chi connectivity index (χ2n) is 7.36. The number of carbonyl (C=O) groups is 1. The van der Waals surface area contributed by atoms with E-state index in [1.54, 1.807) is 11.3 Å². The standard InChI is InChI=1S/C19H23N5OS/c1-13-17(26-12-21-13)18-22-14-5-3-4-6-15(14)24(18)9-16(25)23-8-7-19(2,10-20)11-23/h3-6,12H,7-11,20H2,1-2H3. The summed E-state index contributed by atoms with van der Waals surface area (Å²) in [5, 5.41) is 0. The van der Waals surface area contributed by atoms with Gasteiger partial charge in [0.2, 0.25) is 5.91 Å². The number of thiazole rings is 1. The quantitative estimate of drug-likeness (QED) is 0.767. The Morgan fingerprint density at radius 2 is 2.19 bits per heavy atom. The molecule has 2 N–H and O–H groups in total. The highest BCUT2D eigenvalue weighted by Gasteiger charge is 2.35. The van der Waals surface area contributed by atoms with Crippen LogP contribution in [-0.2, 0) is 11.3 Å². The van der Waals surface area contributed by atoms with E-state index in [-0.39, 0.29) is 17.9 Å². The molecule has 0 radical (unpaired) electrons. The molecular weight excluding hydrogens is 346 g/mol. The van der Waals surface area contributed by atoms with Gasteiger partial charge in [0.05, 0.1) is 27.1 Å². The molecule has 4 rings (SSSR count). The monoisotopic (exact) mass is 369 g/mol. The zero-order chi connectivity index (χ0) is 18.3. The number of likely N-dealkylation sites (tertiary alicyclic amines) is 1. The summed E-state index contributed by atoms with van der Waals surface area (Å²) < 4.78 is 2.02. The molecule has 1 amide bonds. The van der Waals surface area contributed by atoms with E-state index in [2.05, 4.69) is 11.9 Å². The van der Waals surface area contributed by atoms with Crippen LogP contribution < -0.4 is 5.73 Å². The van der Waals surface area contributed by atoms with E-state index in [0.717, 1.165) is 46.9 Å². The van der Waals surface area contributed by atoms with Crippen molar-refractivity contribution in [3.05, 3.63) is 35.5 Å². The summed E-state index contributed by atoms with van der Waals surface area (Å²) >= 11 is 1.56. The number of fused-ring (bicyclic) bond motifs is 1. The average molecular weight is 369 g/mol. The second kappa shape index (κ2) is 6.48. The summed E-state index contributed by atoms with van der Waals surface area (Å²) in [6, 6.07) is 7.95. The maximum atomic E-state index is 13.0. The number of aromatic nitrogens is 3. The molecule has 1 saturated heterocycles. The van der Waals surface area contributed by atoms with E-state index in [1.165, 1.54) is 0 Å². The summed E-state index contributed by atoms with van der Waals surface area (Å²) in [5.41, 5.74) is 10.6. The highest BCUT2D eigenvalue weighted by atomic mass is 32.1. The number of para-hydroxylation sites is 2. The number of carbonyl (C=O) groups excluding carboxylic acids is 1. The van der Waals surface area contributed by atoms with Gasteiger partial charge >= 0.3 is 0 Å². The van der Waals surface area contributed by atoms with Gasteiger partial charge < -0.3 is 15.2 Å². The lowest BCUT2D eigenvalue weighted by atomic mass is 9.90. The van der Waals surface area contributed by atoms with Gasteiger partial charge in [0.15, 0.2) is 5.82 Å². The fourth-order valence-electron chi connectivity index (χ4n) is 3.56. The molecule has 0 aliphatic carbocycles. The summed E-state index contributed by atoms with van der Waals surface area (Å²) in [6.45, 7) is 6.52. The molecule has 3 heterocycles. The van der Waals surface area contributed by atoms with Crippen LogP contribution in [0.25, 0.3) is 21.7 Å². The number of hydrogen-bond acceptors (Lipinski definition) is 5. The van der Waals surface area contributed by atoms with Gasteiger partial charge in [0.1, 0.15) is 6.54 Å². The molecule has 3 aromatic rings. The predicted molar refractivity (Wildman–Crippen MR) is 104 cm³/mol. The number of hydrogen-bond donors (Lipinski definition) is 1. The third kappa shape index (κ3) is 2.91. The van der Waals surface area contributed by atoms with Crippen molar-refractivity contribution in [2.45, 2.75) is 26.8 Å². The largest absolute Gasteiger partial charge is 0.341 e. The van der Waals surface area contributed by atoms with Gasteiger partial charge in [-0.05, 0) is 37.4 Å². The molecule has 0 saturated carbocycles. The van der Waals surface area contributed by atoms with Crippen molar-refractivity contribution < 1.29 is 4.79 Å². The van der Waals surface area contributed by atoms with E-state index in [9.17, 15) is 4.79 Å². The van der Waals surface area contributed by atoms with Crippen LogP contribution in [0.15, 0.2) is 29.8 Å². The number of amides is 1. The Hall–Kier alpha value is -2.25. The minimum Gasteiger partial charge on any atom is -0.341 e. The van der Waals surface area contributed by atoms with E-state index in [1.807, 2.05) is 46.2 Å². The maximum Gasteiger partial charge on any atom is 0.242 e. The molecule has 136 valence electrons. The summed E-state index contributed by atoms with van der Waals surface area (Å²) in [5.74, 6) is 0.939. The number of nitrogens with two attached hydrogens (primary N) is 1. The van der Waals surface area contributed by atoms with Crippen LogP contribution in [0.4, 0.5) is 0 Å². The number of nitrogens with zero attached hydrogens (tertiary/aromatic N) is 4. The lowest BCUT2D eigenvalue weighted by molar-refractivity contribution is -0.131. The fourth-order valence-corrected chi connectivity index (χ4v) is 4.36. The minimum absolute atomic E-state index is 0.0315. The van der Waals surface area contributed by atoms with Crippen LogP contribution >= 0.6 is 11.3 Å². The van der Waals surface area contributed by atoms with Crippen LogP contribution in [0.3, 0.4) is 0 Å². The van der Waals surface area contributed by atoms with Crippen molar-refractivity contribution in [2.24, 2.45) is 11.1 Å². The van der Waals surface area contributed by atoms with E-state index >= 15 is 0 Å². The summed E-state index contributed by atoms with van der Waals surface area (Å²) in [6.07, 6.45) is 0.959. The lowest BCUT2D eigenvalue weighted by Gasteiger charge is -2.23. The van der Waals surface area contributed by atoms with E-state index in [4.69, 9.17) is 10.7 Å². The van der Waals surface area contributed by atoms with Gasteiger partial charge in [0.25, 0.3) is 0 Å². The van der Waals surface area contributed by atoms with Crippen LogP contribution in [0.1, 0.15) is 19.0 Å². The fraction of sp³-hybridized carbons (Fsp3) is 0.421. The van der Waals surface area contributed by atoms with Crippen molar-refractivity contribution in [1.82, 2.24) is 19.4 Å². The van der Waals surface area contributed by atoms with Gasteiger partial charge in [-0.1, -0.05) is 19.1 Å². The first-order chi connectivity index (χ1) is 12.5. The SMILES string of the molecule is Cc1ncsc1-c1nc2ccccc2n1CC(=O)N1CCC(C)(CN)C1. The first kappa shape index (κ1) is 17.2. The molecule has 1 fully saturated rings. The number of rotatable bonds is 4. The van der Waals surface area contributed by atoms with E-state index in [0.29, 0.717) is 6.54 Å². The third-order valence-electron chi connectivity index (χ3n) is 5.30. The average Bonchev–Trinajstić information content (AvgIpc) is 3.33. The van der Waals surface area contributed by atoms with E-state index < -0.39 is 0 Å². The van der Waals surface area contributed by atoms with Crippen molar-refractivity contribution >= 4 is 28.3 Å². The summed E-state index contributed by atoms with van der Waals surface area (Å²) in [4.78, 5) is 25.1. The van der Waals surface area contributed by atoms with Crippen molar-refractivity contribution in [1.29, 1.82) is 0 Å². The molecule has 1 unspecified atom stereocenters. The van der Waals surface area contributed by atoms with Crippen molar-refractivity contribution in [2.75, 3.05) is 19.6 Å². The Morgan fingerprint density at radius 1 is 1.38 bits per heavy atom. The number of benzene rings is 1. The van der Waals surface area contributed by atoms with Gasteiger partial charge in [-0.3, -0.25) is 4.79 Å². The Bertz CT molecular complexity index is 962. The molecular formula is C19H23N5OS. The van der Waals surface area contributed by atoms with Crippen LogP contribution in [0.2, 0.25) is 0 Å². The Balaban J connectivity index is 1.70. The first-order valence-corrected chi connectivity index (χ1v) is 9.72. The zero-order valence-electron chi connectivity index (χ0n) is 15.1. The van der Waals surface area contributed by atoms with Crippen molar-refractivity contribution in [3.8, 4) is 10.7 Å². The Morgan fingerprint density at radius 3 is 2.88 bits per heavy atom. The topological polar surface area (TPSA) is 77.0 Å². The number of aryl methyl sites for hydroxylation is 1. The summed E-state index contributed by atoms with van der Waals surface area (Å²) in [7, 11) is 0. The molecule has 1 aliphatic heterocycles. The second-order valence-corrected chi connectivity index (χ2v) is 8.21. The first-order valence-electron chi connectivity index (χ1n) is 8.84. The molecule has 1 atom stereocenters. The lowest BCUT2D eigenvalue weighted by Crippen LogP contribution is -2.36. The molecule has 2 aromatic heterocycles. The van der Waals surface area contributed by atoms with Crippen molar-refractivity contribution in [3.63, 3.8) is 0 Å². The Labute approximate surface area is 156 Å². The van der Waals surface area contributed by atoms with Gasteiger partial charge in [-0.15, -0.1) is 11.3 Å². The van der Waals surface area contributed by atoms with Crippen LogP contribution in [0.5, 0.6) is 0 Å². The van der Waals surface area contributed by atoms with Crippen LogP contribution in [0, 0.1) is 12.3 Å². The molecule has 26 heavy (non-hydrogen) atoms. The third-order valence-corrected chi connectivity index (χ3v) is 6.22. The smallest absolute Gasteiger partial charge is 0.242 e. The molecule has 1 aliphatic rings. The van der Waals surface area contributed by atoms with Crippen LogP contribution in [-0.4, -0.2) is 45.0 Å². The molecule has 6 nitrogen and oxygen atoms in total. The Kier molecular flexibility index (Phi) is 4.28.